The summed E-state index contributed by atoms with van der Waals surface area (Å²) >= 11 is 5.86. The molecule has 0 saturated carbocycles. The van der Waals surface area contributed by atoms with Crippen LogP contribution in [0.25, 0.3) is 0 Å². The molecule has 0 saturated heterocycles. The third-order valence-electron chi connectivity index (χ3n) is 1.97. The van der Waals surface area contributed by atoms with Crippen molar-refractivity contribution in [3.63, 3.8) is 0 Å². The highest BCUT2D eigenvalue weighted by Crippen LogP contribution is 2.26. The Bertz CT molecular complexity index is 286. The van der Waals surface area contributed by atoms with E-state index in [1.54, 1.807) is 0 Å². The fraction of sp³-hybridized carbons (Fsp3) is 0.333. The van der Waals surface area contributed by atoms with Gasteiger partial charge < -0.3 is 10.6 Å². The standard InChI is InChI=1S/C9H11ClN2/c10-7-2-3-8-9(6-7)12-5-1-4-11-8/h2-3,6,11-12H,1,4-5H2. The molecule has 2 rings (SSSR count). The summed E-state index contributed by atoms with van der Waals surface area (Å²) in [6.45, 7) is 2.04. The first-order valence-corrected chi connectivity index (χ1v) is 4.51. The first-order chi connectivity index (χ1) is 5.86. The Balaban J connectivity index is 2.36. The molecule has 0 amide bonds. The van der Waals surface area contributed by atoms with Crippen molar-refractivity contribution < 1.29 is 0 Å². The normalized spacial score (nSPS) is 15.4. The zero-order chi connectivity index (χ0) is 8.39. The molecular weight excluding hydrogens is 172 g/mol. The molecule has 0 fully saturated rings. The maximum Gasteiger partial charge on any atom is 0.0590 e. The van der Waals surface area contributed by atoms with Crippen LogP contribution in [-0.2, 0) is 0 Å². The van der Waals surface area contributed by atoms with Crippen molar-refractivity contribution in [2.75, 3.05) is 23.7 Å². The van der Waals surface area contributed by atoms with Crippen LogP contribution in [0.5, 0.6) is 0 Å². The number of hydrogen-bond acceptors (Lipinski definition) is 2. The summed E-state index contributed by atoms with van der Waals surface area (Å²) in [5.41, 5.74) is 2.26. The smallest absolute Gasteiger partial charge is 0.0590 e. The first-order valence-electron chi connectivity index (χ1n) is 4.13. The van der Waals surface area contributed by atoms with Crippen molar-refractivity contribution in [1.29, 1.82) is 0 Å². The van der Waals surface area contributed by atoms with Crippen LogP contribution < -0.4 is 10.6 Å². The molecule has 1 aliphatic rings. The molecule has 1 heterocycles. The molecule has 2 nitrogen and oxygen atoms in total. The average molecular weight is 183 g/mol. The van der Waals surface area contributed by atoms with E-state index in [-0.39, 0.29) is 0 Å². The van der Waals surface area contributed by atoms with Gasteiger partial charge in [0, 0.05) is 18.1 Å². The third-order valence-corrected chi connectivity index (χ3v) is 2.20. The van der Waals surface area contributed by atoms with E-state index in [2.05, 4.69) is 10.6 Å². The van der Waals surface area contributed by atoms with Gasteiger partial charge in [0.2, 0.25) is 0 Å². The lowest BCUT2D eigenvalue weighted by Gasteiger charge is -2.07. The lowest BCUT2D eigenvalue weighted by atomic mass is 10.2. The molecular formula is C9H11ClN2. The maximum absolute atomic E-state index is 5.86. The van der Waals surface area contributed by atoms with Crippen LogP contribution in [0.4, 0.5) is 11.4 Å². The van der Waals surface area contributed by atoms with E-state index in [1.165, 1.54) is 0 Å². The van der Waals surface area contributed by atoms with Crippen molar-refractivity contribution in [2.24, 2.45) is 0 Å². The zero-order valence-corrected chi connectivity index (χ0v) is 7.49. The topological polar surface area (TPSA) is 24.1 Å². The van der Waals surface area contributed by atoms with Crippen molar-refractivity contribution in [2.45, 2.75) is 6.42 Å². The molecule has 64 valence electrons. The molecule has 0 bridgehead atoms. The minimum atomic E-state index is 0.782. The van der Waals surface area contributed by atoms with Gasteiger partial charge in [-0.15, -0.1) is 0 Å². The number of anilines is 2. The summed E-state index contributed by atoms with van der Waals surface area (Å²) in [6, 6.07) is 5.87. The molecule has 3 heteroatoms. The van der Waals surface area contributed by atoms with Gasteiger partial charge in [0.1, 0.15) is 0 Å². The number of rotatable bonds is 0. The van der Waals surface area contributed by atoms with Gasteiger partial charge in [0.25, 0.3) is 0 Å². The molecule has 0 radical (unpaired) electrons. The van der Waals surface area contributed by atoms with Gasteiger partial charge in [0.15, 0.2) is 0 Å². The van der Waals surface area contributed by atoms with E-state index in [1.807, 2.05) is 18.2 Å². The van der Waals surface area contributed by atoms with Gasteiger partial charge in [-0.3, -0.25) is 0 Å². The van der Waals surface area contributed by atoms with Crippen molar-refractivity contribution >= 4 is 23.0 Å². The van der Waals surface area contributed by atoms with Crippen LogP contribution in [0.2, 0.25) is 5.02 Å². The van der Waals surface area contributed by atoms with E-state index in [9.17, 15) is 0 Å². The Morgan fingerprint density at radius 3 is 2.67 bits per heavy atom. The summed E-state index contributed by atoms with van der Waals surface area (Å²) in [5.74, 6) is 0. The lowest BCUT2D eigenvalue weighted by molar-refractivity contribution is 0.928. The molecule has 0 unspecified atom stereocenters. The Morgan fingerprint density at radius 1 is 1.08 bits per heavy atom. The molecule has 1 aromatic carbocycles. The van der Waals surface area contributed by atoms with Crippen molar-refractivity contribution in [3.05, 3.63) is 23.2 Å². The summed E-state index contributed by atoms with van der Waals surface area (Å²) in [7, 11) is 0. The largest absolute Gasteiger partial charge is 0.383 e. The fourth-order valence-corrected chi connectivity index (χ4v) is 1.52. The molecule has 12 heavy (non-hydrogen) atoms. The van der Waals surface area contributed by atoms with E-state index < -0.39 is 0 Å². The van der Waals surface area contributed by atoms with Crippen LogP contribution in [0.3, 0.4) is 0 Å². The van der Waals surface area contributed by atoms with Gasteiger partial charge in [-0.05, 0) is 24.6 Å². The van der Waals surface area contributed by atoms with E-state index >= 15 is 0 Å². The molecule has 1 aliphatic heterocycles. The Morgan fingerprint density at radius 2 is 1.83 bits per heavy atom. The molecule has 0 aromatic heterocycles. The number of fused-ring (bicyclic) bond motifs is 1. The Hall–Kier alpha value is -0.890. The second kappa shape index (κ2) is 3.23. The van der Waals surface area contributed by atoms with Gasteiger partial charge in [-0.1, -0.05) is 11.6 Å². The predicted octanol–water partition coefficient (Wildman–Crippen LogP) is 2.57. The minimum Gasteiger partial charge on any atom is -0.383 e. The monoisotopic (exact) mass is 182 g/mol. The summed E-state index contributed by atoms with van der Waals surface area (Å²) in [5, 5.41) is 7.43. The van der Waals surface area contributed by atoms with E-state index in [4.69, 9.17) is 11.6 Å². The molecule has 1 aromatic rings. The summed E-state index contributed by atoms with van der Waals surface area (Å²) < 4.78 is 0. The maximum atomic E-state index is 5.86. The third kappa shape index (κ3) is 1.48. The highest BCUT2D eigenvalue weighted by molar-refractivity contribution is 6.31. The average Bonchev–Trinajstić information content (AvgIpc) is 2.28. The first kappa shape index (κ1) is 7.74. The van der Waals surface area contributed by atoms with E-state index in [0.29, 0.717) is 0 Å². The van der Waals surface area contributed by atoms with E-state index in [0.717, 1.165) is 35.9 Å². The summed E-state index contributed by atoms with van der Waals surface area (Å²) in [4.78, 5) is 0. The predicted molar refractivity (Wildman–Crippen MR) is 53.0 cm³/mol. The highest BCUT2D eigenvalue weighted by atomic mass is 35.5. The minimum absolute atomic E-state index is 0.782. The molecule has 0 atom stereocenters. The van der Waals surface area contributed by atoms with Crippen LogP contribution in [0, 0.1) is 0 Å². The van der Waals surface area contributed by atoms with Gasteiger partial charge >= 0.3 is 0 Å². The molecule has 0 aliphatic carbocycles. The number of nitrogens with one attached hydrogen (secondary N) is 2. The van der Waals surface area contributed by atoms with Crippen molar-refractivity contribution in [3.8, 4) is 0 Å². The van der Waals surface area contributed by atoms with Crippen LogP contribution in [0.15, 0.2) is 18.2 Å². The van der Waals surface area contributed by atoms with Crippen LogP contribution in [0.1, 0.15) is 6.42 Å². The molecule has 2 N–H and O–H groups in total. The number of halogens is 1. The van der Waals surface area contributed by atoms with Gasteiger partial charge in [-0.25, -0.2) is 0 Å². The van der Waals surface area contributed by atoms with Gasteiger partial charge in [-0.2, -0.15) is 0 Å². The van der Waals surface area contributed by atoms with Crippen molar-refractivity contribution in [1.82, 2.24) is 0 Å². The second-order valence-corrected chi connectivity index (χ2v) is 3.33. The van der Waals surface area contributed by atoms with Crippen LogP contribution >= 0.6 is 11.6 Å². The number of benzene rings is 1. The fourth-order valence-electron chi connectivity index (χ4n) is 1.35. The quantitative estimate of drug-likeness (QED) is 0.645. The SMILES string of the molecule is Clc1ccc2c(c1)NCCCN2. The number of hydrogen-bond donors (Lipinski definition) is 2. The molecule has 0 spiro atoms. The summed E-state index contributed by atoms with van der Waals surface area (Å²) in [6.07, 6.45) is 1.15. The Kier molecular flexibility index (Phi) is 2.09. The second-order valence-electron chi connectivity index (χ2n) is 2.90. The van der Waals surface area contributed by atoms with Crippen LogP contribution in [-0.4, -0.2) is 13.1 Å². The lowest BCUT2D eigenvalue weighted by Crippen LogP contribution is -2.01. The highest BCUT2D eigenvalue weighted by Gasteiger charge is 2.05. The zero-order valence-electron chi connectivity index (χ0n) is 6.73. The van der Waals surface area contributed by atoms with Gasteiger partial charge in [0.05, 0.1) is 11.4 Å². The Labute approximate surface area is 76.9 Å².